The molecule has 19 heavy (non-hydrogen) atoms. The van der Waals surface area contributed by atoms with Gasteiger partial charge in [0, 0.05) is 6.42 Å². The van der Waals surface area contributed by atoms with Crippen LogP contribution < -0.4 is 5.32 Å². The zero-order valence-corrected chi connectivity index (χ0v) is 12.0. The Labute approximate surface area is 113 Å². The van der Waals surface area contributed by atoms with Gasteiger partial charge in [-0.25, -0.2) is 9.59 Å². The standard InChI is InChI=1S/C13H21NO5/c1-9(15)7-6-8-10(11(16)18-5)14-12(17)19-13(2,3)4/h6,8,10H,7H2,1-5H3,(H,14,17)/t10-/m0/s1. The molecule has 0 saturated heterocycles. The van der Waals surface area contributed by atoms with E-state index in [1.807, 2.05) is 0 Å². The van der Waals surface area contributed by atoms with Crippen molar-refractivity contribution in [1.82, 2.24) is 5.32 Å². The summed E-state index contributed by atoms with van der Waals surface area (Å²) in [6.07, 6.45) is 2.36. The van der Waals surface area contributed by atoms with Gasteiger partial charge in [0.15, 0.2) is 0 Å². The number of hydrogen-bond acceptors (Lipinski definition) is 5. The molecule has 0 saturated carbocycles. The van der Waals surface area contributed by atoms with E-state index in [0.717, 1.165) is 0 Å². The monoisotopic (exact) mass is 271 g/mol. The molecule has 0 rings (SSSR count). The van der Waals surface area contributed by atoms with Gasteiger partial charge < -0.3 is 14.8 Å². The van der Waals surface area contributed by atoms with Crippen LogP contribution in [-0.4, -0.2) is 36.6 Å². The zero-order valence-electron chi connectivity index (χ0n) is 12.0. The fraction of sp³-hybridized carbons (Fsp3) is 0.615. The molecule has 0 aromatic rings. The number of ether oxygens (including phenoxy) is 2. The first-order chi connectivity index (χ1) is 8.65. The number of Topliss-reactive ketones (excluding diaryl/α,β-unsaturated/α-hetero) is 1. The zero-order chi connectivity index (χ0) is 15.1. The topological polar surface area (TPSA) is 81.7 Å². The number of allylic oxidation sites excluding steroid dienone is 1. The number of carbonyl (C=O) groups excluding carboxylic acids is 3. The maximum atomic E-state index is 11.5. The van der Waals surface area contributed by atoms with Crippen LogP contribution in [0, 0.1) is 0 Å². The third-order valence-corrected chi connectivity index (χ3v) is 1.86. The van der Waals surface area contributed by atoms with Gasteiger partial charge in [0.1, 0.15) is 17.4 Å². The lowest BCUT2D eigenvalue weighted by atomic mass is 10.2. The second-order valence-electron chi connectivity index (χ2n) is 4.98. The van der Waals surface area contributed by atoms with Crippen molar-refractivity contribution in [1.29, 1.82) is 0 Å². The van der Waals surface area contributed by atoms with E-state index in [1.165, 1.54) is 26.2 Å². The lowest BCUT2D eigenvalue weighted by Crippen LogP contribution is -2.42. The Morgan fingerprint density at radius 3 is 2.26 bits per heavy atom. The highest BCUT2D eigenvalue weighted by Gasteiger charge is 2.22. The molecule has 0 heterocycles. The second-order valence-corrected chi connectivity index (χ2v) is 4.98. The van der Waals surface area contributed by atoms with Gasteiger partial charge in [0.05, 0.1) is 7.11 Å². The quantitative estimate of drug-likeness (QED) is 0.606. The Morgan fingerprint density at radius 1 is 1.26 bits per heavy atom. The molecule has 0 aliphatic carbocycles. The van der Waals surface area contributed by atoms with Crippen LogP contribution >= 0.6 is 0 Å². The van der Waals surface area contributed by atoms with Gasteiger partial charge in [-0.05, 0) is 27.7 Å². The van der Waals surface area contributed by atoms with Crippen LogP contribution in [0.3, 0.4) is 0 Å². The third-order valence-electron chi connectivity index (χ3n) is 1.86. The van der Waals surface area contributed by atoms with Crippen molar-refractivity contribution in [2.24, 2.45) is 0 Å². The number of amides is 1. The molecular weight excluding hydrogens is 250 g/mol. The van der Waals surface area contributed by atoms with Crippen LogP contribution in [0.15, 0.2) is 12.2 Å². The summed E-state index contributed by atoms with van der Waals surface area (Å²) in [4.78, 5) is 33.8. The van der Waals surface area contributed by atoms with E-state index < -0.39 is 23.7 Å². The highest BCUT2D eigenvalue weighted by Crippen LogP contribution is 2.07. The van der Waals surface area contributed by atoms with Crippen molar-refractivity contribution in [3.8, 4) is 0 Å². The van der Waals surface area contributed by atoms with Gasteiger partial charge >= 0.3 is 12.1 Å². The number of esters is 1. The molecule has 1 amide bonds. The molecule has 108 valence electrons. The number of carbonyl (C=O) groups is 3. The van der Waals surface area contributed by atoms with Gasteiger partial charge in [-0.15, -0.1) is 0 Å². The Bertz CT molecular complexity index is 368. The number of rotatable bonds is 5. The van der Waals surface area contributed by atoms with Crippen LogP contribution in [0.2, 0.25) is 0 Å². The van der Waals surface area contributed by atoms with Gasteiger partial charge in [0.25, 0.3) is 0 Å². The van der Waals surface area contributed by atoms with Crippen LogP contribution in [0.4, 0.5) is 4.79 Å². The largest absolute Gasteiger partial charge is 0.467 e. The van der Waals surface area contributed by atoms with Crippen molar-refractivity contribution in [2.75, 3.05) is 7.11 Å². The van der Waals surface area contributed by atoms with Crippen LogP contribution in [-0.2, 0) is 19.1 Å². The van der Waals surface area contributed by atoms with Crippen molar-refractivity contribution in [3.63, 3.8) is 0 Å². The van der Waals surface area contributed by atoms with Gasteiger partial charge in [-0.1, -0.05) is 12.2 Å². The number of alkyl carbamates (subject to hydrolysis) is 1. The summed E-state index contributed by atoms with van der Waals surface area (Å²) in [5, 5.41) is 2.36. The lowest BCUT2D eigenvalue weighted by Gasteiger charge is -2.21. The molecule has 0 bridgehead atoms. The first-order valence-electron chi connectivity index (χ1n) is 5.89. The van der Waals surface area contributed by atoms with E-state index in [2.05, 4.69) is 10.1 Å². The maximum Gasteiger partial charge on any atom is 0.408 e. The molecular formula is C13H21NO5. The minimum absolute atomic E-state index is 0.0443. The summed E-state index contributed by atoms with van der Waals surface area (Å²) in [5.74, 6) is -0.678. The molecule has 6 nitrogen and oxygen atoms in total. The Hall–Kier alpha value is -1.85. The third kappa shape index (κ3) is 8.82. The number of hydrogen-bond donors (Lipinski definition) is 1. The molecule has 1 atom stereocenters. The Balaban J connectivity index is 4.60. The van der Waals surface area contributed by atoms with E-state index in [4.69, 9.17) is 4.74 Å². The van der Waals surface area contributed by atoms with Crippen molar-refractivity contribution >= 4 is 17.8 Å². The molecule has 0 aliphatic rings. The Morgan fingerprint density at radius 2 is 1.84 bits per heavy atom. The predicted octanol–water partition coefficient (Wildman–Crippen LogP) is 1.59. The molecule has 1 N–H and O–H groups in total. The van der Waals surface area contributed by atoms with Crippen molar-refractivity contribution in [3.05, 3.63) is 12.2 Å². The molecule has 0 radical (unpaired) electrons. The van der Waals surface area contributed by atoms with Crippen LogP contribution in [0.1, 0.15) is 34.1 Å². The minimum atomic E-state index is -0.973. The Kier molecular flexibility index (Phi) is 6.82. The molecule has 0 aromatic carbocycles. The molecule has 0 spiro atoms. The highest BCUT2D eigenvalue weighted by atomic mass is 16.6. The summed E-state index contributed by atoms with van der Waals surface area (Å²) < 4.78 is 9.59. The smallest absolute Gasteiger partial charge is 0.408 e. The summed E-state index contributed by atoms with van der Waals surface area (Å²) in [5.41, 5.74) is -0.659. The lowest BCUT2D eigenvalue weighted by molar-refractivity contribution is -0.141. The number of nitrogens with one attached hydrogen (secondary N) is 1. The summed E-state index contributed by atoms with van der Waals surface area (Å²) in [6.45, 7) is 6.57. The first kappa shape index (κ1) is 17.2. The fourth-order valence-corrected chi connectivity index (χ4v) is 1.12. The van der Waals surface area contributed by atoms with Crippen molar-refractivity contribution < 1.29 is 23.9 Å². The fourth-order valence-electron chi connectivity index (χ4n) is 1.12. The van der Waals surface area contributed by atoms with Crippen LogP contribution in [0.5, 0.6) is 0 Å². The average Bonchev–Trinajstić information content (AvgIpc) is 2.23. The summed E-state index contributed by atoms with van der Waals surface area (Å²) in [6, 6.07) is -0.973. The van der Waals surface area contributed by atoms with E-state index in [-0.39, 0.29) is 12.2 Å². The summed E-state index contributed by atoms with van der Waals surface area (Å²) >= 11 is 0. The van der Waals surface area contributed by atoms with Gasteiger partial charge in [-0.3, -0.25) is 4.79 Å². The molecule has 0 unspecified atom stereocenters. The second kappa shape index (κ2) is 7.56. The van der Waals surface area contributed by atoms with Gasteiger partial charge in [0.2, 0.25) is 0 Å². The molecule has 6 heteroatoms. The van der Waals surface area contributed by atoms with E-state index in [0.29, 0.717) is 0 Å². The summed E-state index contributed by atoms with van der Waals surface area (Å²) in [7, 11) is 1.21. The molecule has 0 aliphatic heterocycles. The van der Waals surface area contributed by atoms with Gasteiger partial charge in [-0.2, -0.15) is 0 Å². The van der Waals surface area contributed by atoms with E-state index in [9.17, 15) is 14.4 Å². The number of ketones is 1. The minimum Gasteiger partial charge on any atom is -0.467 e. The first-order valence-corrected chi connectivity index (χ1v) is 5.89. The SMILES string of the molecule is COC(=O)[C@H](C=CCC(C)=O)NC(=O)OC(C)(C)C. The highest BCUT2D eigenvalue weighted by molar-refractivity contribution is 5.83. The average molecular weight is 271 g/mol. The van der Waals surface area contributed by atoms with E-state index in [1.54, 1.807) is 20.8 Å². The normalized spacial score (nSPS) is 12.9. The predicted molar refractivity (Wildman–Crippen MR) is 69.6 cm³/mol. The van der Waals surface area contributed by atoms with Crippen molar-refractivity contribution in [2.45, 2.75) is 45.8 Å². The maximum absolute atomic E-state index is 11.5. The number of methoxy groups -OCH3 is 1. The van der Waals surface area contributed by atoms with Crippen LogP contribution in [0.25, 0.3) is 0 Å². The molecule has 0 fully saturated rings. The van der Waals surface area contributed by atoms with E-state index >= 15 is 0 Å². The molecule has 0 aromatic heterocycles.